The predicted molar refractivity (Wildman–Crippen MR) is 150 cm³/mol. The minimum absolute atomic E-state index is 0.215. The minimum atomic E-state index is -0.829. The molecule has 1 fully saturated rings. The van der Waals surface area contributed by atoms with E-state index in [0.717, 1.165) is 14.9 Å². The second-order valence-corrected chi connectivity index (χ2v) is 10.5. The number of amides is 5. The molecule has 3 aromatic carbocycles. The third-order valence-electron chi connectivity index (χ3n) is 5.28. The van der Waals surface area contributed by atoms with Gasteiger partial charge in [-0.3, -0.25) is 19.7 Å². The molecule has 11 heteroatoms. The van der Waals surface area contributed by atoms with Gasteiger partial charge in [-0.25, -0.2) is 9.69 Å². The fourth-order valence-corrected chi connectivity index (χ4v) is 5.20. The molecule has 0 unspecified atom stereocenters. The van der Waals surface area contributed by atoms with Gasteiger partial charge < -0.3 is 10.1 Å². The number of anilines is 2. The highest BCUT2D eigenvalue weighted by Crippen LogP contribution is 2.36. The SMILES string of the molecule is Cc1ccccc1NC(=O)COc1c(Br)cc(/C=C2\C(=O)NC(=O)N(c3ccc(Br)cc3)C2=O)cc1Br. The molecule has 1 aliphatic rings. The predicted octanol–water partition coefficient (Wildman–Crippen LogP) is 5.97. The van der Waals surface area contributed by atoms with E-state index in [2.05, 4.69) is 58.4 Å². The molecule has 0 saturated carbocycles. The molecule has 0 aromatic heterocycles. The number of aryl methyl sites for hydroxylation is 1. The monoisotopic (exact) mass is 689 g/mol. The molecule has 188 valence electrons. The Kier molecular flexibility index (Phi) is 8.25. The summed E-state index contributed by atoms with van der Waals surface area (Å²) >= 11 is 10.1. The lowest BCUT2D eigenvalue weighted by Crippen LogP contribution is -2.54. The zero-order chi connectivity index (χ0) is 26.7. The second kappa shape index (κ2) is 11.4. The second-order valence-electron chi connectivity index (χ2n) is 7.90. The number of benzene rings is 3. The Balaban J connectivity index is 1.53. The topological polar surface area (TPSA) is 105 Å². The third kappa shape index (κ3) is 6.17. The largest absolute Gasteiger partial charge is 0.481 e. The maximum absolute atomic E-state index is 13.1. The highest BCUT2D eigenvalue weighted by Gasteiger charge is 2.36. The molecule has 5 amide bonds. The van der Waals surface area contributed by atoms with Crippen molar-refractivity contribution < 1.29 is 23.9 Å². The standard InChI is InChI=1S/C26H18Br3N3O5/c1-14-4-2-3-5-21(14)30-22(33)13-37-23-19(28)11-15(12-20(23)29)10-18-24(34)31-26(36)32(25(18)35)17-8-6-16(27)7-9-17/h2-12H,13H2,1H3,(H,30,33)(H,31,34,36)/b18-10+. The normalized spacial score (nSPS) is 14.5. The van der Waals surface area contributed by atoms with Crippen LogP contribution in [0.5, 0.6) is 5.75 Å². The number of halogens is 3. The highest BCUT2D eigenvalue weighted by molar-refractivity contribution is 9.11. The van der Waals surface area contributed by atoms with Crippen molar-refractivity contribution in [3.05, 3.63) is 90.8 Å². The van der Waals surface area contributed by atoms with Crippen LogP contribution in [-0.2, 0) is 14.4 Å². The van der Waals surface area contributed by atoms with Crippen LogP contribution in [0, 0.1) is 6.92 Å². The quantitative estimate of drug-likeness (QED) is 0.245. The van der Waals surface area contributed by atoms with E-state index in [1.165, 1.54) is 6.08 Å². The molecule has 1 heterocycles. The first-order valence-electron chi connectivity index (χ1n) is 10.8. The summed E-state index contributed by atoms with van der Waals surface area (Å²) in [5, 5.41) is 4.99. The Morgan fingerprint density at radius 3 is 2.30 bits per heavy atom. The van der Waals surface area contributed by atoms with Crippen molar-refractivity contribution in [3.8, 4) is 5.75 Å². The molecule has 0 radical (unpaired) electrons. The van der Waals surface area contributed by atoms with Crippen LogP contribution < -0.4 is 20.3 Å². The van der Waals surface area contributed by atoms with Gasteiger partial charge in [0.25, 0.3) is 17.7 Å². The number of nitrogens with zero attached hydrogens (tertiary/aromatic N) is 1. The van der Waals surface area contributed by atoms with Gasteiger partial charge in [-0.15, -0.1) is 0 Å². The number of urea groups is 1. The molecule has 0 atom stereocenters. The van der Waals surface area contributed by atoms with E-state index in [4.69, 9.17) is 4.74 Å². The van der Waals surface area contributed by atoms with Crippen LogP contribution in [0.3, 0.4) is 0 Å². The number of carbonyl (C=O) groups excluding carboxylic acids is 4. The molecule has 4 rings (SSSR count). The molecular weight excluding hydrogens is 674 g/mol. The molecule has 1 saturated heterocycles. The molecule has 0 aliphatic carbocycles. The van der Waals surface area contributed by atoms with Crippen LogP contribution in [0.25, 0.3) is 6.08 Å². The fourth-order valence-electron chi connectivity index (χ4n) is 3.49. The van der Waals surface area contributed by atoms with Gasteiger partial charge in [-0.1, -0.05) is 34.1 Å². The summed E-state index contributed by atoms with van der Waals surface area (Å²) in [4.78, 5) is 51.2. The number of carbonyl (C=O) groups is 4. The van der Waals surface area contributed by atoms with E-state index in [0.29, 0.717) is 31.6 Å². The number of imide groups is 2. The summed E-state index contributed by atoms with van der Waals surface area (Å²) in [6.07, 6.45) is 1.38. The van der Waals surface area contributed by atoms with Gasteiger partial charge >= 0.3 is 6.03 Å². The molecule has 2 N–H and O–H groups in total. The minimum Gasteiger partial charge on any atom is -0.481 e. The Hall–Kier alpha value is -3.28. The highest BCUT2D eigenvalue weighted by atomic mass is 79.9. The van der Waals surface area contributed by atoms with Crippen LogP contribution in [0.15, 0.2) is 79.7 Å². The van der Waals surface area contributed by atoms with Crippen molar-refractivity contribution >= 4 is 89.0 Å². The van der Waals surface area contributed by atoms with E-state index >= 15 is 0 Å². The van der Waals surface area contributed by atoms with Crippen molar-refractivity contribution in [1.29, 1.82) is 0 Å². The molecule has 8 nitrogen and oxygen atoms in total. The van der Waals surface area contributed by atoms with Gasteiger partial charge in [0.1, 0.15) is 11.3 Å². The van der Waals surface area contributed by atoms with Crippen LogP contribution in [0.1, 0.15) is 11.1 Å². The lowest BCUT2D eigenvalue weighted by Gasteiger charge is -2.26. The van der Waals surface area contributed by atoms with Gasteiger partial charge in [0.15, 0.2) is 6.61 Å². The number of hydrogen-bond donors (Lipinski definition) is 2. The van der Waals surface area contributed by atoms with Crippen molar-refractivity contribution in [2.24, 2.45) is 0 Å². The summed E-state index contributed by atoms with van der Waals surface area (Å²) in [5.74, 6) is -1.52. The Labute approximate surface area is 237 Å². The lowest BCUT2D eigenvalue weighted by atomic mass is 10.1. The van der Waals surface area contributed by atoms with Crippen molar-refractivity contribution in [1.82, 2.24) is 5.32 Å². The van der Waals surface area contributed by atoms with Crippen molar-refractivity contribution in [2.75, 3.05) is 16.8 Å². The van der Waals surface area contributed by atoms with Gasteiger partial charge in [-0.2, -0.15) is 0 Å². The summed E-state index contributed by atoms with van der Waals surface area (Å²) in [5.41, 5.74) is 2.21. The van der Waals surface area contributed by atoms with E-state index in [9.17, 15) is 19.2 Å². The van der Waals surface area contributed by atoms with Gasteiger partial charge in [0.2, 0.25) is 0 Å². The fraction of sp³-hybridized carbons (Fsp3) is 0.0769. The van der Waals surface area contributed by atoms with E-state index in [1.807, 2.05) is 25.1 Å². The van der Waals surface area contributed by atoms with E-state index in [-0.39, 0.29) is 18.1 Å². The average molecular weight is 692 g/mol. The summed E-state index contributed by atoms with van der Waals surface area (Å²) in [6, 6.07) is 16.4. The van der Waals surface area contributed by atoms with E-state index in [1.54, 1.807) is 42.5 Å². The summed E-state index contributed by atoms with van der Waals surface area (Å²) in [7, 11) is 0. The number of para-hydroxylation sites is 1. The number of barbiturate groups is 1. The van der Waals surface area contributed by atoms with Crippen molar-refractivity contribution in [3.63, 3.8) is 0 Å². The first-order chi connectivity index (χ1) is 17.6. The summed E-state index contributed by atoms with van der Waals surface area (Å²) in [6.45, 7) is 1.65. The lowest BCUT2D eigenvalue weighted by molar-refractivity contribution is -0.122. The van der Waals surface area contributed by atoms with Crippen molar-refractivity contribution in [2.45, 2.75) is 6.92 Å². The maximum Gasteiger partial charge on any atom is 0.335 e. The molecule has 1 aliphatic heterocycles. The molecular formula is C26H18Br3N3O5. The first kappa shape index (κ1) is 26.8. The number of nitrogens with one attached hydrogen (secondary N) is 2. The van der Waals surface area contributed by atoms with Crippen LogP contribution >= 0.6 is 47.8 Å². The Bertz CT molecular complexity index is 1430. The van der Waals surface area contributed by atoms with Crippen LogP contribution in [0.4, 0.5) is 16.2 Å². The molecule has 0 spiro atoms. The van der Waals surface area contributed by atoms with E-state index < -0.39 is 17.8 Å². The molecule has 3 aromatic rings. The summed E-state index contributed by atoms with van der Waals surface area (Å²) < 4.78 is 7.45. The maximum atomic E-state index is 13.1. The zero-order valence-corrected chi connectivity index (χ0v) is 23.9. The average Bonchev–Trinajstić information content (AvgIpc) is 2.84. The Morgan fingerprint density at radius 2 is 1.65 bits per heavy atom. The number of hydrogen-bond acceptors (Lipinski definition) is 5. The molecule has 0 bridgehead atoms. The van der Waals surface area contributed by atoms with Crippen LogP contribution in [-0.4, -0.2) is 30.4 Å². The Morgan fingerprint density at radius 1 is 1.00 bits per heavy atom. The number of ether oxygens (including phenoxy) is 1. The first-order valence-corrected chi connectivity index (χ1v) is 13.2. The van der Waals surface area contributed by atoms with Gasteiger partial charge in [0.05, 0.1) is 14.6 Å². The third-order valence-corrected chi connectivity index (χ3v) is 6.99. The van der Waals surface area contributed by atoms with Crippen LogP contribution in [0.2, 0.25) is 0 Å². The van der Waals surface area contributed by atoms with Gasteiger partial charge in [0, 0.05) is 10.2 Å². The molecule has 37 heavy (non-hydrogen) atoms. The smallest absolute Gasteiger partial charge is 0.335 e. The van der Waals surface area contributed by atoms with Gasteiger partial charge in [-0.05, 0) is 98.5 Å². The zero-order valence-electron chi connectivity index (χ0n) is 19.2. The number of rotatable bonds is 6.